The molecule has 7 nitrogen and oxygen atoms in total. The van der Waals surface area contributed by atoms with Crippen LogP contribution in [0.2, 0.25) is 0 Å². The predicted molar refractivity (Wildman–Crippen MR) is 104 cm³/mol. The molecule has 0 unspecified atom stereocenters. The molecule has 2 aromatic heterocycles. The van der Waals surface area contributed by atoms with Gasteiger partial charge in [0.25, 0.3) is 0 Å². The van der Waals surface area contributed by atoms with Gasteiger partial charge in [0, 0.05) is 37.2 Å². The molecule has 1 atom stereocenters. The highest BCUT2D eigenvalue weighted by Gasteiger charge is 2.22. The quantitative estimate of drug-likeness (QED) is 0.742. The van der Waals surface area contributed by atoms with E-state index in [1.165, 1.54) is 0 Å². The number of carbonyl (C=O) groups excluding carboxylic acids is 1. The van der Waals surface area contributed by atoms with Crippen LogP contribution >= 0.6 is 11.3 Å². The van der Waals surface area contributed by atoms with E-state index in [1.54, 1.807) is 29.9 Å². The van der Waals surface area contributed by atoms with Gasteiger partial charge in [-0.05, 0) is 38.0 Å². The molecule has 4 rings (SSSR count). The fourth-order valence-corrected chi connectivity index (χ4v) is 4.09. The minimum Gasteiger partial charge on any atom is -0.353 e. The summed E-state index contributed by atoms with van der Waals surface area (Å²) in [5, 5.41) is 7.02. The van der Waals surface area contributed by atoms with Gasteiger partial charge in [0.2, 0.25) is 0 Å². The first kappa shape index (κ1) is 16.7. The summed E-state index contributed by atoms with van der Waals surface area (Å²) in [5.41, 5.74) is 1.74. The van der Waals surface area contributed by atoms with Gasteiger partial charge in [-0.1, -0.05) is 0 Å². The molecular formula is C18H20N6OS. The Bertz CT molecular complexity index is 912. The standard InChI is InChI=1S/C18H20N6OS/c1-12-21-15-5-4-13(9-16(15)26-12)22-18(25)23-14-3-2-8-24(11-14)17-10-19-6-7-20-17/h4-7,9-10,14H,2-3,8,11H2,1H3,(H2,22,23,25)/t14-/m1/s1. The number of piperidine rings is 1. The van der Waals surface area contributed by atoms with Crippen LogP contribution in [0.1, 0.15) is 17.8 Å². The summed E-state index contributed by atoms with van der Waals surface area (Å²) >= 11 is 1.62. The molecule has 2 N–H and O–H groups in total. The number of aromatic nitrogens is 3. The summed E-state index contributed by atoms with van der Waals surface area (Å²) in [4.78, 5) is 27.4. The zero-order chi connectivity index (χ0) is 17.9. The van der Waals surface area contributed by atoms with E-state index < -0.39 is 0 Å². The molecule has 0 bridgehead atoms. The molecule has 1 fully saturated rings. The van der Waals surface area contributed by atoms with Crippen LogP contribution in [-0.4, -0.2) is 40.1 Å². The second kappa shape index (κ2) is 7.25. The fraction of sp³-hybridized carbons (Fsp3) is 0.333. The van der Waals surface area contributed by atoms with E-state index in [1.807, 2.05) is 25.1 Å². The van der Waals surface area contributed by atoms with Crippen molar-refractivity contribution in [2.75, 3.05) is 23.3 Å². The number of aryl methyl sites for hydroxylation is 1. The Balaban J connectivity index is 1.37. The van der Waals surface area contributed by atoms with Gasteiger partial charge in [-0.15, -0.1) is 11.3 Å². The molecule has 1 aliphatic rings. The van der Waals surface area contributed by atoms with Crippen molar-refractivity contribution >= 4 is 39.1 Å². The van der Waals surface area contributed by atoms with E-state index in [0.717, 1.165) is 52.7 Å². The Morgan fingerprint density at radius 1 is 1.35 bits per heavy atom. The number of nitrogens with one attached hydrogen (secondary N) is 2. The number of nitrogens with zero attached hydrogens (tertiary/aromatic N) is 4. The molecule has 8 heteroatoms. The van der Waals surface area contributed by atoms with Gasteiger partial charge in [0.1, 0.15) is 5.82 Å². The van der Waals surface area contributed by atoms with Gasteiger partial charge in [-0.3, -0.25) is 4.98 Å². The van der Waals surface area contributed by atoms with Crippen LogP contribution in [0.5, 0.6) is 0 Å². The lowest BCUT2D eigenvalue weighted by atomic mass is 10.1. The molecule has 1 aromatic carbocycles. The molecule has 0 aliphatic carbocycles. The molecule has 134 valence electrons. The number of benzene rings is 1. The van der Waals surface area contributed by atoms with E-state index in [-0.39, 0.29) is 12.1 Å². The van der Waals surface area contributed by atoms with E-state index in [2.05, 4.69) is 30.5 Å². The largest absolute Gasteiger partial charge is 0.353 e. The Hall–Kier alpha value is -2.74. The van der Waals surface area contributed by atoms with Crippen LogP contribution in [-0.2, 0) is 0 Å². The molecule has 0 spiro atoms. The first-order valence-electron chi connectivity index (χ1n) is 8.63. The average Bonchev–Trinajstić information content (AvgIpc) is 3.02. The minimum atomic E-state index is -0.184. The maximum atomic E-state index is 12.4. The molecule has 2 amide bonds. The highest BCUT2D eigenvalue weighted by molar-refractivity contribution is 7.18. The average molecular weight is 368 g/mol. The van der Waals surface area contributed by atoms with Gasteiger partial charge in [-0.2, -0.15) is 0 Å². The molecule has 3 heterocycles. The Morgan fingerprint density at radius 3 is 3.12 bits per heavy atom. The van der Waals surface area contributed by atoms with Crippen molar-refractivity contribution in [3.05, 3.63) is 41.8 Å². The smallest absolute Gasteiger partial charge is 0.319 e. The lowest BCUT2D eigenvalue weighted by Crippen LogP contribution is -2.49. The van der Waals surface area contributed by atoms with Crippen molar-refractivity contribution in [1.29, 1.82) is 0 Å². The Morgan fingerprint density at radius 2 is 2.27 bits per heavy atom. The van der Waals surface area contributed by atoms with Crippen molar-refractivity contribution in [2.24, 2.45) is 0 Å². The van der Waals surface area contributed by atoms with E-state index in [0.29, 0.717) is 0 Å². The van der Waals surface area contributed by atoms with Gasteiger partial charge >= 0.3 is 6.03 Å². The lowest BCUT2D eigenvalue weighted by molar-refractivity contribution is 0.246. The third kappa shape index (κ3) is 3.75. The molecule has 3 aromatic rings. The number of carbonyl (C=O) groups is 1. The summed E-state index contributed by atoms with van der Waals surface area (Å²) in [5.74, 6) is 0.852. The fourth-order valence-electron chi connectivity index (χ4n) is 3.23. The number of hydrogen-bond acceptors (Lipinski definition) is 6. The van der Waals surface area contributed by atoms with Crippen molar-refractivity contribution < 1.29 is 4.79 Å². The van der Waals surface area contributed by atoms with E-state index in [9.17, 15) is 4.79 Å². The van der Waals surface area contributed by atoms with Crippen LogP contribution in [0.15, 0.2) is 36.8 Å². The normalized spacial score (nSPS) is 17.3. The Labute approximate surface area is 155 Å². The number of amides is 2. The van der Waals surface area contributed by atoms with Crippen LogP contribution in [0.25, 0.3) is 10.2 Å². The van der Waals surface area contributed by atoms with Crippen molar-refractivity contribution in [3.63, 3.8) is 0 Å². The van der Waals surface area contributed by atoms with Crippen molar-refractivity contribution in [3.8, 4) is 0 Å². The number of anilines is 2. The van der Waals surface area contributed by atoms with Crippen molar-refractivity contribution in [1.82, 2.24) is 20.3 Å². The van der Waals surface area contributed by atoms with Gasteiger partial charge < -0.3 is 15.5 Å². The molecule has 1 saturated heterocycles. The van der Waals surface area contributed by atoms with Gasteiger partial charge in [0.05, 0.1) is 21.4 Å². The number of fused-ring (bicyclic) bond motifs is 1. The SMILES string of the molecule is Cc1nc2ccc(NC(=O)N[C@@H]3CCCN(c4cnccn4)C3)cc2s1. The maximum absolute atomic E-state index is 12.4. The summed E-state index contributed by atoms with van der Waals surface area (Å²) < 4.78 is 1.08. The highest BCUT2D eigenvalue weighted by Crippen LogP contribution is 2.24. The first-order valence-corrected chi connectivity index (χ1v) is 9.45. The molecule has 0 saturated carbocycles. The number of hydrogen-bond donors (Lipinski definition) is 2. The highest BCUT2D eigenvalue weighted by atomic mass is 32.1. The van der Waals surface area contributed by atoms with E-state index >= 15 is 0 Å². The van der Waals surface area contributed by atoms with Crippen LogP contribution in [0, 0.1) is 6.92 Å². The third-order valence-electron chi connectivity index (χ3n) is 4.38. The van der Waals surface area contributed by atoms with Gasteiger partial charge in [-0.25, -0.2) is 14.8 Å². The monoisotopic (exact) mass is 368 g/mol. The van der Waals surface area contributed by atoms with Crippen LogP contribution in [0.4, 0.5) is 16.3 Å². The topological polar surface area (TPSA) is 83.0 Å². The van der Waals surface area contributed by atoms with Gasteiger partial charge in [0.15, 0.2) is 0 Å². The predicted octanol–water partition coefficient (Wildman–Crippen LogP) is 3.19. The molecule has 1 aliphatic heterocycles. The summed E-state index contributed by atoms with van der Waals surface area (Å²) in [7, 11) is 0. The molecule has 26 heavy (non-hydrogen) atoms. The first-order chi connectivity index (χ1) is 12.7. The van der Waals surface area contributed by atoms with Crippen molar-refractivity contribution in [2.45, 2.75) is 25.8 Å². The number of thiazole rings is 1. The molecule has 0 radical (unpaired) electrons. The minimum absolute atomic E-state index is 0.0835. The third-order valence-corrected chi connectivity index (χ3v) is 5.32. The Kier molecular flexibility index (Phi) is 4.66. The van der Waals surface area contributed by atoms with Crippen LogP contribution in [0.3, 0.4) is 0 Å². The summed E-state index contributed by atoms with van der Waals surface area (Å²) in [6.07, 6.45) is 7.08. The molecular weight excluding hydrogens is 348 g/mol. The number of urea groups is 1. The zero-order valence-corrected chi connectivity index (χ0v) is 15.3. The van der Waals surface area contributed by atoms with Crippen LogP contribution < -0.4 is 15.5 Å². The second-order valence-electron chi connectivity index (χ2n) is 6.36. The second-order valence-corrected chi connectivity index (χ2v) is 7.60. The summed E-state index contributed by atoms with van der Waals surface area (Å²) in [6.45, 7) is 3.65. The maximum Gasteiger partial charge on any atom is 0.319 e. The zero-order valence-electron chi connectivity index (χ0n) is 14.5. The lowest BCUT2D eigenvalue weighted by Gasteiger charge is -2.33. The number of rotatable bonds is 3. The van der Waals surface area contributed by atoms with E-state index in [4.69, 9.17) is 0 Å². The summed E-state index contributed by atoms with van der Waals surface area (Å²) in [6, 6.07) is 5.68.